The van der Waals surface area contributed by atoms with Crippen molar-refractivity contribution in [3.63, 3.8) is 0 Å². The molecule has 20 atom stereocenters. The van der Waals surface area contributed by atoms with Crippen molar-refractivity contribution >= 4 is 0 Å². The quantitative estimate of drug-likeness (QED) is 0.109. The van der Waals surface area contributed by atoms with Gasteiger partial charge < -0.3 is 105 Å². The smallest absolute Gasteiger partial charge is 0.225 e. The zero-order valence-electron chi connectivity index (χ0n) is 23.5. The van der Waals surface area contributed by atoms with Crippen LogP contribution in [0.5, 0.6) is 0 Å². The van der Waals surface area contributed by atoms with E-state index in [9.17, 15) is 76.6 Å². The van der Waals surface area contributed by atoms with Crippen molar-refractivity contribution < 1.29 is 105 Å². The second kappa shape index (κ2) is 14.7. The van der Waals surface area contributed by atoms with E-state index in [2.05, 4.69) is 0 Å². The fourth-order valence-electron chi connectivity index (χ4n) is 5.83. The van der Waals surface area contributed by atoms with Gasteiger partial charge in [0, 0.05) is 0 Å². The Bertz CT molecular complexity index is 941. The van der Waals surface area contributed by atoms with Gasteiger partial charge in [0.05, 0.1) is 26.4 Å². The van der Waals surface area contributed by atoms with Crippen molar-refractivity contribution in [1.82, 2.24) is 0 Å². The summed E-state index contributed by atoms with van der Waals surface area (Å²) in [4.78, 5) is 0. The fraction of sp³-hybridized carbons (Fsp3) is 1.00. The molecule has 0 aromatic heterocycles. The lowest BCUT2D eigenvalue weighted by atomic mass is 9.83. The van der Waals surface area contributed by atoms with E-state index in [0.29, 0.717) is 0 Å². The van der Waals surface area contributed by atoms with Crippen LogP contribution >= 0.6 is 0 Å². The number of ether oxygens (including phenoxy) is 6. The van der Waals surface area contributed by atoms with Gasteiger partial charge in [-0.15, -0.1) is 0 Å². The van der Waals surface area contributed by atoms with E-state index < -0.39 is 149 Å². The van der Waals surface area contributed by atoms with E-state index in [-0.39, 0.29) is 0 Å². The fourth-order valence-corrected chi connectivity index (χ4v) is 5.83. The van der Waals surface area contributed by atoms with Crippen LogP contribution in [0.15, 0.2) is 0 Å². The Morgan fingerprint density at radius 3 is 1.29 bits per heavy atom. The Morgan fingerprint density at radius 1 is 0.444 bits per heavy atom. The van der Waals surface area contributed by atoms with Gasteiger partial charge in [-0.2, -0.15) is 0 Å². The van der Waals surface area contributed by atoms with Gasteiger partial charge in [-0.05, 0) is 0 Å². The maximum Gasteiger partial charge on any atom is 0.225 e. The van der Waals surface area contributed by atoms with Crippen LogP contribution in [0.2, 0.25) is 0 Å². The lowest BCUT2D eigenvalue weighted by molar-refractivity contribution is -0.425. The molecule has 15 N–H and O–H groups in total. The summed E-state index contributed by atoms with van der Waals surface area (Å²) in [7, 11) is 0. The number of aliphatic hydroxyl groups is 15. The molecule has 0 bridgehead atoms. The maximum atomic E-state index is 11.4. The second-order valence-corrected chi connectivity index (χ2v) is 11.4. The van der Waals surface area contributed by atoms with Crippen LogP contribution < -0.4 is 0 Å². The first kappa shape index (κ1) is 37.0. The number of hydrogen-bond donors (Lipinski definition) is 15. The van der Waals surface area contributed by atoms with Crippen LogP contribution in [0.3, 0.4) is 0 Å². The highest BCUT2D eigenvalue weighted by Crippen LogP contribution is 2.40. The molecule has 0 aromatic rings. The molecule has 0 radical (unpaired) electrons. The average molecular weight is 667 g/mol. The van der Waals surface area contributed by atoms with Crippen molar-refractivity contribution in [2.24, 2.45) is 0 Å². The Hall–Kier alpha value is -0.840. The SMILES string of the molecule is OC[C@H]1O[C@@H](O[C@H]2[C@H](O)[C@@H](O)C(O)(C3O[C@H](CO)[C@@H](O[C@@H]4O[C@H](CO)[C@H](O)[C@H](O)[C@H]4O)[C@H](O)[C@H]3O)O[C@@H]2CO)[C@H](O)[C@@H](O)[C@H]1O. The monoisotopic (exact) mass is 666 g/mol. The summed E-state index contributed by atoms with van der Waals surface area (Å²) >= 11 is 0. The molecular weight excluding hydrogens is 624 g/mol. The van der Waals surface area contributed by atoms with E-state index in [1.165, 1.54) is 0 Å². The highest BCUT2D eigenvalue weighted by Gasteiger charge is 2.64. The van der Waals surface area contributed by atoms with Crippen LogP contribution in [0, 0.1) is 0 Å². The van der Waals surface area contributed by atoms with Crippen LogP contribution in [-0.4, -0.2) is 225 Å². The number of aliphatic hydroxyl groups excluding tert-OH is 14. The first-order chi connectivity index (χ1) is 21.2. The zero-order valence-corrected chi connectivity index (χ0v) is 23.5. The van der Waals surface area contributed by atoms with Crippen LogP contribution in [0.25, 0.3) is 0 Å². The van der Waals surface area contributed by atoms with Crippen molar-refractivity contribution in [3.05, 3.63) is 0 Å². The van der Waals surface area contributed by atoms with Crippen molar-refractivity contribution in [2.45, 2.75) is 122 Å². The minimum absolute atomic E-state index is 0.819. The lowest BCUT2D eigenvalue weighted by Gasteiger charge is -2.54. The molecule has 4 heterocycles. The van der Waals surface area contributed by atoms with E-state index in [0.717, 1.165) is 0 Å². The molecule has 0 spiro atoms. The van der Waals surface area contributed by atoms with Gasteiger partial charge in [0.2, 0.25) is 5.79 Å². The summed E-state index contributed by atoms with van der Waals surface area (Å²) in [6.45, 7) is -3.72. The molecule has 2 unspecified atom stereocenters. The minimum Gasteiger partial charge on any atom is -0.394 e. The molecule has 45 heavy (non-hydrogen) atoms. The highest BCUT2D eigenvalue weighted by atomic mass is 16.7. The molecule has 21 heteroatoms. The Labute approximate surface area is 254 Å². The summed E-state index contributed by atoms with van der Waals surface area (Å²) in [6.07, 6.45) is -36.2. The molecule has 0 amide bonds. The van der Waals surface area contributed by atoms with Gasteiger partial charge >= 0.3 is 0 Å². The van der Waals surface area contributed by atoms with Crippen LogP contribution in [-0.2, 0) is 28.4 Å². The van der Waals surface area contributed by atoms with Gasteiger partial charge in [0.15, 0.2) is 12.6 Å². The summed E-state index contributed by atoms with van der Waals surface area (Å²) < 4.78 is 32.2. The van der Waals surface area contributed by atoms with Crippen LogP contribution in [0.1, 0.15) is 0 Å². The molecular formula is C24H42O21. The van der Waals surface area contributed by atoms with E-state index in [4.69, 9.17) is 28.4 Å². The third-order valence-electron chi connectivity index (χ3n) is 8.52. The lowest BCUT2D eigenvalue weighted by Crippen LogP contribution is -2.76. The van der Waals surface area contributed by atoms with Crippen LogP contribution in [0.4, 0.5) is 0 Å². The summed E-state index contributed by atoms with van der Waals surface area (Å²) in [5.74, 6) is -3.16. The largest absolute Gasteiger partial charge is 0.394 e. The Balaban J connectivity index is 1.52. The molecule has 0 aromatic carbocycles. The predicted molar refractivity (Wildman–Crippen MR) is 134 cm³/mol. The number of rotatable bonds is 9. The standard InChI is InChI=1S/C24H42O21/c25-1-5-9(29)11(31)15(35)22(41-5)43-18-7(3-27)40-21(14(34)13(18)33)24(39)20(38)17(37)19(8(4-28)45-24)44-23-16(36)12(32)10(30)6(2-26)42-23/h5-23,25-39H,1-4H2/t5-,6-,7-,8-,9+,10+,11+,12+,13-,14-,15-,16-,17+,18-,19-,20-,21?,22+,23+,24?/m1/s1. The zero-order chi connectivity index (χ0) is 33.5. The average Bonchev–Trinajstić information content (AvgIpc) is 3.03. The Kier molecular flexibility index (Phi) is 12.1. The van der Waals surface area contributed by atoms with Crippen molar-refractivity contribution in [3.8, 4) is 0 Å². The molecule has 0 aliphatic carbocycles. The molecule has 4 aliphatic rings. The van der Waals surface area contributed by atoms with E-state index in [1.807, 2.05) is 0 Å². The predicted octanol–water partition coefficient (Wildman–Crippen LogP) is -10.4. The number of hydrogen-bond acceptors (Lipinski definition) is 21. The van der Waals surface area contributed by atoms with E-state index >= 15 is 0 Å². The Morgan fingerprint density at radius 2 is 0.867 bits per heavy atom. The van der Waals surface area contributed by atoms with Gasteiger partial charge in [0.25, 0.3) is 0 Å². The van der Waals surface area contributed by atoms with Crippen molar-refractivity contribution in [1.29, 1.82) is 0 Å². The molecule has 4 aliphatic heterocycles. The third kappa shape index (κ3) is 6.74. The maximum absolute atomic E-state index is 11.4. The molecule has 4 saturated heterocycles. The minimum atomic E-state index is -3.16. The molecule has 4 rings (SSSR count). The molecule has 0 saturated carbocycles. The first-order valence-electron chi connectivity index (χ1n) is 14.1. The summed E-state index contributed by atoms with van der Waals surface area (Å²) in [5.41, 5.74) is 0. The second-order valence-electron chi connectivity index (χ2n) is 11.4. The topological polar surface area (TPSA) is 359 Å². The highest BCUT2D eigenvalue weighted by molar-refractivity contribution is 5.07. The molecule has 21 nitrogen and oxygen atoms in total. The van der Waals surface area contributed by atoms with Crippen molar-refractivity contribution in [2.75, 3.05) is 26.4 Å². The van der Waals surface area contributed by atoms with Gasteiger partial charge in [-0.1, -0.05) is 0 Å². The van der Waals surface area contributed by atoms with Gasteiger partial charge in [0.1, 0.15) is 104 Å². The van der Waals surface area contributed by atoms with Gasteiger partial charge in [-0.3, -0.25) is 0 Å². The summed E-state index contributed by atoms with van der Waals surface area (Å²) in [6, 6.07) is 0. The summed E-state index contributed by atoms with van der Waals surface area (Å²) in [5, 5.41) is 154. The third-order valence-corrected chi connectivity index (χ3v) is 8.52. The normalized spacial score (nSPS) is 54.6. The molecule has 4 fully saturated rings. The molecule has 264 valence electrons. The first-order valence-corrected chi connectivity index (χ1v) is 14.1. The van der Waals surface area contributed by atoms with Gasteiger partial charge in [-0.25, -0.2) is 0 Å². The van der Waals surface area contributed by atoms with E-state index in [1.54, 1.807) is 0 Å².